The Balaban J connectivity index is 1.40. The van der Waals surface area contributed by atoms with Crippen LogP contribution < -0.4 is 15.0 Å². The van der Waals surface area contributed by atoms with Crippen LogP contribution in [0.15, 0.2) is 120 Å². The number of hydrogen-bond acceptors (Lipinski definition) is 6. The number of anilines is 3. The van der Waals surface area contributed by atoms with E-state index in [2.05, 4.69) is 15.5 Å². The van der Waals surface area contributed by atoms with Crippen molar-refractivity contribution in [2.24, 2.45) is 0 Å². The van der Waals surface area contributed by atoms with Crippen molar-refractivity contribution in [2.45, 2.75) is 30.8 Å². The third-order valence-corrected chi connectivity index (χ3v) is 7.24. The maximum Gasteiger partial charge on any atom is 0.244 e. The number of ether oxygens (including phenoxy) is 1. The fourth-order valence-corrected chi connectivity index (χ4v) is 5.22. The van der Waals surface area contributed by atoms with Gasteiger partial charge in [0.1, 0.15) is 5.75 Å². The molecule has 5 rings (SSSR count). The summed E-state index contributed by atoms with van der Waals surface area (Å²) in [5.74, 6) is 1.53. The van der Waals surface area contributed by atoms with Crippen molar-refractivity contribution in [2.75, 3.05) is 16.8 Å². The zero-order valence-corrected chi connectivity index (χ0v) is 23.3. The molecule has 1 unspecified atom stereocenters. The average Bonchev–Trinajstić information content (AvgIpc) is 3.40. The van der Waals surface area contributed by atoms with Crippen molar-refractivity contribution in [3.63, 3.8) is 0 Å². The Morgan fingerprint density at radius 2 is 1.43 bits per heavy atom. The summed E-state index contributed by atoms with van der Waals surface area (Å²) in [4.78, 5) is 15.7. The molecule has 0 fully saturated rings. The first-order valence-corrected chi connectivity index (χ1v) is 14.1. The van der Waals surface area contributed by atoms with Gasteiger partial charge in [-0.2, -0.15) is 0 Å². The van der Waals surface area contributed by atoms with Gasteiger partial charge < -0.3 is 10.1 Å². The van der Waals surface area contributed by atoms with Crippen molar-refractivity contribution in [1.29, 1.82) is 0 Å². The molecule has 202 valence electrons. The molecule has 0 bridgehead atoms. The molecule has 0 radical (unpaired) electrons. The van der Waals surface area contributed by atoms with Gasteiger partial charge in [-0.25, -0.2) is 0 Å². The molecule has 0 aliphatic heterocycles. The summed E-state index contributed by atoms with van der Waals surface area (Å²) in [6, 6.07) is 37.2. The van der Waals surface area contributed by atoms with Gasteiger partial charge in [-0.3, -0.25) is 14.3 Å². The molecule has 1 heterocycles. The Kier molecular flexibility index (Phi) is 8.78. The normalized spacial score (nSPS) is 11.6. The molecular weight excluding hydrogens is 518 g/mol. The smallest absolute Gasteiger partial charge is 0.244 e. The number of para-hydroxylation sites is 3. The molecular formula is C32H31N5O2S. The van der Waals surface area contributed by atoms with Crippen molar-refractivity contribution >= 4 is 34.7 Å². The number of aromatic nitrogens is 3. The number of benzene rings is 4. The minimum atomic E-state index is -0.431. The number of rotatable bonds is 11. The summed E-state index contributed by atoms with van der Waals surface area (Å²) in [6.07, 6.45) is 0. The summed E-state index contributed by atoms with van der Waals surface area (Å²) in [7, 11) is 0. The molecule has 0 aliphatic carbocycles. The third-order valence-electron chi connectivity index (χ3n) is 6.21. The summed E-state index contributed by atoms with van der Waals surface area (Å²) in [5, 5.41) is 12.7. The molecule has 0 aliphatic rings. The number of nitrogens with zero attached hydrogens (tertiary/aromatic N) is 4. The first-order chi connectivity index (χ1) is 19.6. The molecule has 8 heteroatoms. The standard InChI is InChI=1S/C32H31N5O2S/c1-3-39-29-21-19-25(20-22-29)33-23-30-34-35-32(37(30)28-17-11-6-12-18-28)40-24(2)31(38)36(26-13-7-4-8-14-26)27-15-9-5-10-16-27/h4-22,24,33H,3,23H2,1-2H3. The van der Waals surface area contributed by atoms with E-state index in [1.165, 1.54) is 11.8 Å². The van der Waals surface area contributed by atoms with Crippen molar-refractivity contribution in [3.8, 4) is 11.4 Å². The van der Waals surface area contributed by atoms with Gasteiger partial charge in [0.25, 0.3) is 0 Å². The molecule has 0 saturated heterocycles. The second-order valence-corrected chi connectivity index (χ2v) is 10.3. The van der Waals surface area contributed by atoms with E-state index in [0.717, 1.165) is 34.3 Å². The van der Waals surface area contributed by atoms with E-state index < -0.39 is 5.25 Å². The Hall–Kier alpha value is -4.56. The van der Waals surface area contributed by atoms with Crippen LogP contribution in [0.1, 0.15) is 19.7 Å². The lowest BCUT2D eigenvalue weighted by atomic mass is 10.2. The van der Waals surface area contributed by atoms with Gasteiger partial charge in [0, 0.05) is 22.7 Å². The van der Waals surface area contributed by atoms with Gasteiger partial charge in [-0.1, -0.05) is 66.4 Å². The predicted octanol–water partition coefficient (Wildman–Crippen LogP) is 7.12. The fraction of sp³-hybridized carbons (Fsp3) is 0.156. The highest BCUT2D eigenvalue weighted by molar-refractivity contribution is 8.00. The highest BCUT2D eigenvalue weighted by Crippen LogP contribution is 2.32. The van der Waals surface area contributed by atoms with Crippen LogP contribution in [0.5, 0.6) is 5.75 Å². The van der Waals surface area contributed by atoms with E-state index in [1.54, 1.807) is 4.90 Å². The molecule has 1 N–H and O–H groups in total. The van der Waals surface area contributed by atoms with Gasteiger partial charge in [-0.05, 0) is 74.5 Å². The molecule has 1 aromatic heterocycles. The SMILES string of the molecule is CCOc1ccc(NCc2nnc(SC(C)C(=O)N(c3ccccc3)c3ccccc3)n2-c2ccccc2)cc1. The van der Waals surface area contributed by atoms with Crippen LogP contribution in [0, 0.1) is 0 Å². The van der Waals surface area contributed by atoms with E-state index >= 15 is 0 Å². The van der Waals surface area contributed by atoms with Crippen LogP contribution in [0.2, 0.25) is 0 Å². The Morgan fingerprint density at radius 1 is 0.850 bits per heavy atom. The summed E-state index contributed by atoms with van der Waals surface area (Å²) in [5.41, 5.74) is 3.51. The molecule has 1 amide bonds. The summed E-state index contributed by atoms with van der Waals surface area (Å²) < 4.78 is 7.55. The van der Waals surface area contributed by atoms with Crippen LogP contribution in [-0.2, 0) is 11.3 Å². The topological polar surface area (TPSA) is 72.3 Å². The van der Waals surface area contributed by atoms with E-state index in [9.17, 15) is 4.79 Å². The van der Waals surface area contributed by atoms with Crippen molar-refractivity contribution in [3.05, 3.63) is 121 Å². The number of carbonyl (C=O) groups is 1. The maximum absolute atomic E-state index is 13.9. The summed E-state index contributed by atoms with van der Waals surface area (Å²) in [6.45, 7) is 4.96. The number of nitrogens with one attached hydrogen (secondary N) is 1. The quantitative estimate of drug-likeness (QED) is 0.177. The lowest BCUT2D eigenvalue weighted by Crippen LogP contribution is -2.33. The van der Waals surface area contributed by atoms with Crippen LogP contribution in [0.3, 0.4) is 0 Å². The predicted molar refractivity (Wildman–Crippen MR) is 162 cm³/mol. The highest BCUT2D eigenvalue weighted by atomic mass is 32.2. The van der Waals surface area contributed by atoms with Crippen LogP contribution in [-0.4, -0.2) is 32.5 Å². The minimum absolute atomic E-state index is 0.0425. The summed E-state index contributed by atoms with van der Waals surface area (Å²) >= 11 is 1.39. The second-order valence-electron chi connectivity index (χ2n) is 8.99. The number of amides is 1. The number of hydrogen-bond donors (Lipinski definition) is 1. The van der Waals surface area contributed by atoms with E-state index in [0.29, 0.717) is 18.3 Å². The Labute approximate surface area is 238 Å². The molecule has 7 nitrogen and oxygen atoms in total. The monoisotopic (exact) mass is 549 g/mol. The molecule has 5 aromatic rings. The van der Waals surface area contributed by atoms with Crippen molar-refractivity contribution < 1.29 is 9.53 Å². The average molecular weight is 550 g/mol. The fourth-order valence-electron chi connectivity index (χ4n) is 4.29. The zero-order chi connectivity index (χ0) is 27.7. The first-order valence-electron chi connectivity index (χ1n) is 13.2. The van der Waals surface area contributed by atoms with Gasteiger partial charge in [-0.15, -0.1) is 10.2 Å². The molecule has 4 aromatic carbocycles. The largest absolute Gasteiger partial charge is 0.494 e. The Morgan fingerprint density at radius 3 is 2.00 bits per heavy atom. The zero-order valence-electron chi connectivity index (χ0n) is 22.5. The van der Waals surface area contributed by atoms with Crippen LogP contribution in [0.25, 0.3) is 5.69 Å². The number of thioether (sulfide) groups is 1. The van der Waals surface area contributed by atoms with E-state index in [-0.39, 0.29) is 5.91 Å². The van der Waals surface area contributed by atoms with Crippen molar-refractivity contribution in [1.82, 2.24) is 14.8 Å². The van der Waals surface area contributed by atoms with Crippen LogP contribution >= 0.6 is 11.8 Å². The number of carbonyl (C=O) groups excluding carboxylic acids is 1. The maximum atomic E-state index is 13.9. The molecule has 0 spiro atoms. The van der Waals surface area contributed by atoms with Crippen LogP contribution in [0.4, 0.5) is 17.1 Å². The minimum Gasteiger partial charge on any atom is -0.494 e. The molecule has 40 heavy (non-hydrogen) atoms. The van der Waals surface area contributed by atoms with Gasteiger partial charge in [0.15, 0.2) is 11.0 Å². The lowest BCUT2D eigenvalue weighted by Gasteiger charge is -2.26. The molecule has 1 atom stereocenters. The van der Waals surface area contributed by atoms with Gasteiger partial charge in [0.2, 0.25) is 5.91 Å². The molecule has 0 saturated carbocycles. The first kappa shape index (κ1) is 27.0. The van der Waals surface area contributed by atoms with E-state index in [1.807, 2.05) is 134 Å². The van der Waals surface area contributed by atoms with Gasteiger partial charge in [0.05, 0.1) is 18.4 Å². The highest BCUT2D eigenvalue weighted by Gasteiger charge is 2.27. The Bertz CT molecular complexity index is 1470. The lowest BCUT2D eigenvalue weighted by molar-refractivity contribution is -0.117. The van der Waals surface area contributed by atoms with Gasteiger partial charge >= 0.3 is 0 Å². The third kappa shape index (κ3) is 6.35. The second kappa shape index (κ2) is 13.0. The van der Waals surface area contributed by atoms with E-state index in [4.69, 9.17) is 4.74 Å².